The van der Waals surface area contributed by atoms with Gasteiger partial charge in [-0.1, -0.05) is 6.42 Å². The number of nitrogens with one attached hydrogen (secondary N) is 2. The van der Waals surface area contributed by atoms with Gasteiger partial charge in [-0.3, -0.25) is 9.59 Å². The Hall–Kier alpha value is -1.10. The monoisotopic (exact) mass is 268 g/mol. The van der Waals surface area contributed by atoms with E-state index < -0.39 is 11.4 Å². The highest BCUT2D eigenvalue weighted by Crippen LogP contribution is 2.38. The maximum Gasteiger partial charge on any atom is 0.311 e. The van der Waals surface area contributed by atoms with Crippen LogP contribution in [0.3, 0.4) is 0 Å². The second kappa shape index (κ2) is 5.90. The average molecular weight is 268 g/mol. The van der Waals surface area contributed by atoms with E-state index in [1.54, 1.807) is 6.92 Å². The van der Waals surface area contributed by atoms with E-state index in [0.717, 1.165) is 38.8 Å². The van der Waals surface area contributed by atoms with Gasteiger partial charge in [0.15, 0.2) is 0 Å². The molecule has 0 radical (unpaired) electrons. The maximum absolute atomic E-state index is 11.9. The second-order valence-electron chi connectivity index (χ2n) is 6.13. The van der Waals surface area contributed by atoms with Gasteiger partial charge in [0.1, 0.15) is 0 Å². The van der Waals surface area contributed by atoms with Crippen molar-refractivity contribution in [3.63, 3.8) is 0 Å². The predicted molar refractivity (Wildman–Crippen MR) is 71.7 cm³/mol. The van der Waals surface area contributed by atoms with Crippen LogP contribution in [0.1, 0.15) is 45.4 Å². The molecule has 1 heterocycles. The summed E-state index contributed by atoms with van der Waals surface area (Å²) in [4.78, 5) is 23.3. The van der Waals surface area contributed by atoms with E-state index in [1.807, 2.05) is 0 Å². The standard InChI is InChI=1S/C14H24N2O3/c1-14(13(18)19)7-2-3-11(14)16-12(17)5-4-10-6-8-15-9-10/h10-11,15H,2-9H2,1H3,(H,16,17)(H,18,19). The zero-order valence-electron chi connectivity index (χ0n) is 11.6. The number of hydrogen-bond acceptors (Lipinski definition) is 3. The van der Waals surface area contributed by atoms with Crippen molar-refractivity contribution in [2.24, 2.45) is 11.3 Å². The van der Waals surface area contributed by atoms with E-state index in [2.05, 4.69) is 10.6 Å². The first-order valence-electron chi connectivity index (χ1n) is 7.26. The molecule has 1 saturated carbocycles. The van der Waals surface area contributed by atoms with Crippen molar-refractivity contribution < 1.29 is 14.7 Å². The largest absolute Gasteiger partial charge is 0.481 e. The molecule has 0 aromatic heterocycles. The van der Waals surface area contributed by atoms with Crippen LogP contribution in [0.5, 0.6) is 0 Å². The number of carboxylic acids is 1. The van der Waals surface area contributed by atoms with Crippen LogP contribution in [0.4, 0.5) is 0 Å². The van der Waals surface area contributed by atoms with Crippen LogP contribution in [0, 0.1) is 11.3 Å². The van der Waals surface area contributed by atoms with Gasteiger partial charge in [-0.05, 0) is 51.6 Å². The fourth-order valence-corrected chi connectivity index (χ4v) is 3.22. The molecule has 1 aliphatic heterocycles. The summed E-state index contributed by atoms with van der Waals surface area (Å²) in [5, 5.41) is 15.5. The zero-order chi connectivity index (χ0) is 13.9. The summed E-state index contributed by atoms with van der Waals surface area (Å²) in [7, 11) is 0. The molecule has 3 unspecified atom stereocenters. The van der Waals surface area contributed by atoms with Gasteiger partial charge in [-0.15, -0.1) is 0 Å². The summed E-state index contributed by atoms with van der Waals surface area (Å²) < 4.78 is 0. The normalized spacial score (nSPS) is 34.4. The number of amides is 1. The van der Waals surface area contributed by atoms with Gasteiger partial charge in [-0.25, -0.2) is 0 Å². The molecule has 19 heavy (non-hydrogen) atoms. The predicted octanol–water partition coefficient (Wildman–Crippen LogP) is 1.14. The van der Waals surface area contributed by atoms with Gasteiger partial charge in [0, 0.05) is 12.5 Å². The van der Waals surface area contributed by atoms with E-state index >= 15 is 0 Å². The third-order valence-corrected chi connectivity index (χ3v) is 4.72. The molecule has 108 valence electrons. The average Bonchev–Trinajstić information content (AvgIpc) is 2.98. The zero-order valence-corrected chi connectivity index (χ0v) is 11.6. The Kier molecular flexibility index (Phi) is 4.45. The molecule has 0 spiro atoms. The molecular weight excluding hydrogens is 244 g/mol. The Bertz CT molecular complexity index is 353. The van der Waals surface area contributed by atoms with Crippen molar-refractivity contribution in [1.29, 1.82) is 0 Å². The molecule has 0 aromatic carbocycles. The van der Waals surface area contributed by atoms with Crippen LogP contribution in [-0.4, -0.2) is 36.1 Å². The number of carboxylic acid groups (broad SMARTS) is 1. The SMILES string of the molecule is CC1(C(=O)O)CCCC1NC(=O)CCC1CCNC1. The van der Waals surface area contributed by atoms with E-state index in [1.165, 1.54) is 0 Å². The molecule has 2 rings (SSSR count). The summed E-state index contributed by atoms with van der Waals surface area (Å²) >= 11 is 0. The molecule has 2 aliphatic rings. The van der Waals surface area contributed by atoms with Crippen molar-refractivity contribution in [2.45, 2.75) is 51.5 Å². The highest BCUT2D eigenvalue weighted by atomic mass is 16.4. The molecule has 0 aromatic rings. The highest BCUT2D eigenvalue weighted by molar-refractivity contribution is 5.80. The van der Waals surface area contributed by atoms with Gasteiger partial charge in [0.2, 0.25) is 5.91 Å². The van der Waals surface area contributed by atoms with Crippen LogP contribution < -0.4 is 10.6 Å². The molecule has 1 amide bonds. The first-order chi connectivity index (χ1) is 9.02. The lowest BCUT2D eigenvalue weighted by atomic mass is 9.85. The fourth-order valence-electron chi connectivity index (χ4n) is 3.22. The summed E-state index contributed by atoms with van der Waals surface area (Å²) in [5.41, 5.74) is -0.787. The Morgan fingerprint density at radius 3 is 2.84 bits per heavy atom. The van der Waals surface area contributed by atoms with Crippen LogP contribution in [-0.2, 0) is 9.59 Å². The van der Waals surface area contributed by atoms with Gasteiger partial charge in [0.25, 0.3) is 0 Å². The van der Waals surface area contributed by atoms with E-state index in [-0.39, 0.29) is 11.9 Å². The highest BCUT2D eigenvalue weighted by Gasteiger charge is 2.45. The number of carbonyl (C=O) groups excluding carboxylic acids is 1. The first kappa shape index (κ1) is 14.3. The Morgan fingerprint density at radius 2 is 2.21 bits per heavy atom. The smallest absolute Gasteiger partial charge is 0.311 e. The molecule has 0 bridgehead atoms. The molecule has 3 N–H and O–H groups in total. The summed E-state index contributed by atoms with van der Waals surface area (Å²) in [6.07, 6.45) is 4.86. The summed E-state index contributed by atoms with van der Waals surface area (Å²) in [5.74, 6) is -0.193. The van der Waals surface area contributed by atoms with Crippen molar-refractivity contribution >= 4 is 11.9 Å². The van der Waals surface area contributed by atoms with Gasteiger partial charge in [-0.2, -0.15) is 0 Å². The minimum atomic E-state index is -0.796. The molecule has 2 fully saturated rings. The van der Waals surface area contributed by atoms with E-state index in [4.69, 9.17) is 0 Å². The Morgan fingerprint density at radius 1 is 1.42 bits per heavy atom. The van der Waals surface area contributed by atoms with Crippen LogP contribution in [0.25, 0.3) is 0 Å². The second-order valence-corrected chi connectivity index (χ2v) is 6.13. The van der Waals surface area contributed by atoms with Crippen molar-refractivity contribution in [2.75, 3.05) is 13.1 Å². The molecule has 1 aliphatic carbocycles. The Labute approximate surface area is 114 Å². The minimum Gasteiger partial charge on any atom is -0.481 e. The lowest BCUT2D eigenvalue weighted by Gasteiger charge is -2.27. The quantitative estimate of drug-likeness (QED) is 0.698. The summed E-state index contributed by atoms with van der Waals surface area (Å²) in [6, 6.07) is -0.209. The number of carbonyl (C=O) groups is 2. The van der Waals surface area contributed by atoms with Crippen LogP contribution in [0.2, 0.25) is 0 Å². The Balaban J connectivity index is 1.79. The van der Waals surface area contributed by atoms with Crippen LogP contribution in [0.15, 0.2) is 0 Å². The lowest BCUT2D eigenvalue weighted by Crippen LogP contribution is -2.47. The fraction of sp³-hybridized carbons (Fsp3) is 0.857. The van der Waals surface area contributed by atoms with Crippen molar-refractivity contribution in [3.8, 4) is 0 Å². The molecule has 3 atom stereocenters. The van der Waals surface area contributed by atoms with Gasteiger partial charge in [0.05, 0.1) is 5.41 Å². The van der Waals surface area contributed by atoms with E-state index in [9.17, 15) is 14.7 Å². The third-order valence-electron chi connectivity index (χ3n) is 4.72. The van der Waals surface area contributed by atoms with E-state index in [0.29, 0.717) is 18.8 Å². The number of aliphatic carboxylic acids is 1. The first-order valence-corrected chi connectivity index (χ1v) is 7.26. The van der Waals surface area contributed by atoms with Gasteiger partial charge >= 0.3 is 5.97 Å². The lowest BCUT2D eigenvalue weighted by molar-refractivity contribution is -0.149. The number of hydrogen-bond donors (Lipinski definition) is 3. The van der Waals surface area contributed by atoms with Gasteiger partial charge < -0.3 is 15.7 Å². The van der Waals surface area contributed by atoms with Crippen LogP contribution >= 0.6 is 0 Å². The third kappa shape index (κ3) is 3.26. The molecule has 5 heteroatoms. The molecular formula is C14H24N2O3. The molecule has 1 saturated heterocycles. The maximum atomic E-state index is 11.9. The van der Waals surface area contributed by atoms with Crippen molar-refractivity contribution in [1.82, 2.24) is 10.6 Å². The minimum absolute atomic E-state index is 0.00581. The topological polar surface area (TPSA) is 78.4 Å². The molecule has 5 nitrogen and oxygen atoms in total. The van der Waals surface area contributed by atoms with Crippen molar-refractivity contribution in [3.05, 3.63) is 0 Å². The summed E-state index contributed by atoms with van der Waals surface area (Å²) in [6.45, 7) is 3.80. The number of rotatable bonds is 5.